The lowest BCUT2D eigenvalue weighted by Gasteiger charge is -2.06. The van der Waals surface area contributed by atoms with Crippen LogP contribution >= 0.6 is 11.3 Å². The molecular weight excluding hydrogens is 263 g/mol. The first-order valence-corrected chi connectivity index (χ1v) is 6.60. The summed E-state index contributed by atoms with van der Waals surface area (Å²) in [5.74, 6) is -0.684. The summed E-state index contributed by atoms with van der Waals surface area (Å²) in [7, 11) is 1.33. The number of esters is 1. The molecule has 2 nitrogen and oxygen atoms in total. The van der Waals surface area contributed by atoms with E-state index in [1.54, 1.807) is 19.1 Å². The molecule has 0 radical (unpaired) electrons. The molecule has 19 heavy (non-hydrogen) atoms. The Kier molecular flexibility index (Phi) is 4.12. The summed E-state index contributed by atoms with van der Waals surface area (Å²) in [5.41, 5.74) is 2.09. The summed E-state index contributed by atoms with van der Waals surface area (Å²) in [6.07, 6.45) is 1.39. The number of ether oxygens (including phenoxy) is 1. The average Bonchev–Trinajstić information content (AvgIpc) is 2.92. The number of benzene rings is 1. The normalized spacial score (nSPS) is 11.4. The van der Waals surface area contributed by atoms with E-state index in [4.69, 9.17) is 0 Å². The maximum absolute atomic E-state index is 13.8. The van der Waals surface area contributed by atoms with Gasteiger partial charge in [0.2, 0.25) is 0 Å². The molecule has 0 N–H and O–H groups in total. The SMILES string of the molecule is COC(=O)/C=C(\C)c1ccc(F)c(-c2cccs2)c1. The Labute approximate surface area is 115 Å². The van der Waals surface area contributed by atoms with E-state index in [-0.39, 0.29) is 5.82 Å². The monoisotopic (exact) mass is 276 g/mol. The lowest BCUT2D eigenvalue weighted by molar-refractivity contribution is -0.134. The molecule has 0 aliphatic rings. The average molecular weight is 276 g/mol. The number of hydrogen-bond acceptors (Lipinski definition) is 3. The zero-order chi connectivity index (χ0) is 13.8. The highest BCUT2D eigenvalue weighted by molar-refractivity contribution is 7.13. The molecule has 2 rings (SSSR count). The number of carbonyl (C=O) groups excluding carboxylic acids is 1. The molecule has 0 aliphatic carbocycles. The van der Waals surface area contributed by atoms with Gasteiger partial charge in [0.15, 0.2) is 0 Å². The number of hydrogen-bond donors (Lipinski definition) is 0. The minimum atomic E-state index is -0.417. The van der Waals surface area contributed by atoms with Crippen molar-refractivity contribution in [3.05, 3.63) is 53.2 Å². The number of allylic oxidation sites excluding steroid dienone is 1. The van der Waals surface area contributed by atoms with Crippen LogP contribution in [0, 0.1) is 5.82 Å². The molecule has 0 atom stereocenters. The molecule has 0 aliphatic heterocycles. The maximum atomic E-state index is 13.8. The fourth-order valence-electron chi connectivity index (χ4n) is 1.71. The first kappa shape index (κ1) is 13.5. The summed E-state index contributed by atoms with van der Waals surface area (Å²) in [6.45, 7) is 1.79. The van der Waals surface area contributed by atoms with Gasteiger partial charge in [-0.15, -0.1) is 11.3 Å². The van der Waals surface area contributed by atoms with Gasteiger partial charge < -0.3 is 4.74 Å². The lowest BCUT2D eigenvalue weighted by Crippen LogP contribution is -1.96. The third kappa shape index (κ3) is 3.09. The van der Waals surface area contributed by atoms with E-state index in [9.17, 15) is 9.18 Å². The van der Waals surface area contributed by atoms with Crippen molar-refractivity contribution in [2.24, 2.45) is 0 Å². The van der Waals surface area contributed by atoms with Crippen molar-refractivity contribution in [3.8, 4) is 10.4 Å². The molecule has 1 aromatic heterocycles. The van der Waals surface area contributed by atoms with Gasteiger partial charge in [0, 0.05) is 16.5 Å². The van der Waals surface area contributed by atoms with E-state index >= 15 is 0 Å². The molecule has 0 spiro atoms. The van der Waals surface area contributed by atoms with Crippen LogP contribution in [0.4, 0.5) is 4.39 Å². The largest absolute Gasteiger partial charge is 0.466 e. The predicted molar refractivity (Wildman–Crippen MR) is 75.4 cm³/mol. The molecule has 0 fully saturated rings. The Morgan fingerprint density at radius 3 is 2.79 bits per heavy atom. The van der Waals surface area contributed by atoms with Gasteiger partial charge >= 0.3 is 5.97 Å². The summed E-state index contributed by atoms with van der Waals surface area (Å²) >= 11 is 1.48. The lowest BCUT2D eigenvalue weighted by atomic mass is 10.0. The number of halogens is 1. The van der Waals surface area contributed by atoms with Gasteiger partial charge in [0.05, 0.1) is 7.11 Å². The molecule has 0 amide bonds. The Balaban J connectivity index is 2.42. The Hall–Kier alpha value is -1.94. The minimum absolute atomic E-state index is 0.267. The van der Waals surface area contributed by atoms with Crippen molar-refractivity contribution >= 4 is 22.9 Å². The molecule has 2 aromatic rings. The molecule has 98 valence electrons. The fraction of sp³-hybridized carbons (Fsp3) is 0.133. The van der Waals surface area contributed by atoms with Gasteiger partial charge in [0.25, 0.3) is 0 Å². The van der Waals surface area contributed by atoms with Crippen molar-refractivity contribution in [2.45, 2.75) is 6.92 Å². The Morgan fingerprint density at radius 2 is 2.16 bits per heavy atom. The van der Waals surface area contributed by atoms with E-state index < -0.39 is 5.97 Å². The van der Waals surface area contributed by atoms with E-state index in [1.807, 2.05) is 17.5 Å². The highest BCUT2D eigenvalue weighted by atomic mass is 32.1. The second kappa shape index (κ2) is 5.80. The van der Waals surface area contributed by atoms with Crippen LogP contribution in [0.2, 0.25) is 0 Å². The highest BCUT2D eigenvalue weighted by Gasteiger charge is 2.08. The Morgan fingerprint density at radius 1 is 1.37 bits per heavy atom. The van der Waals surface area contributed by atoms with Gasteiger partial charge in [-0.05, 0) is 41.6 Å². The number of methoxy groups -OCH3 is 1. The fourth-order valence-corrected chi connectivity index (χ4v) is 2.45. The van der Waals surface area contributed by atoms with E-state index in [2.05, 4.69) is 4.74 Å². The van der Waals surface area contributed by atoms with Crippen molar-refractivity contribution in [2.75, 3.05) is 7.11 Å². The van der Waals surface area contributed by atoms with Gasteiger partial charge in [-0.25, -0.2) is 9.18 Å². The van der Waals surface area contributed by atoms with Crippen molar-refractivity contribution in [1.82, 2.24) is 0 Å². The molecule has 1 heterocycles. The highest BCUT2D eigenvalue weighted by Crippen LogP contribution is 2.29. The predicted octanol–water partition coefficient (Wildman–Crippen LogP) is 4.13. The molecule has 0 bridgehead atoms. The maximum Gasteiger partial charge on any atom is 0.330 e. The summed E-state index contributed by atoms with van der Waals surface area (Å²) in [5, 5.41) is 1.90. The Bertz CT molecular complexity index is 615. The smallest absolute Gasteiger partial charge is 0.330 e. The third-order valence-corrected chi connectivity index (χ3v) is 3.65. The van der Waals surface area contributed by atoms with Crippen molar-refractivity contribution < 1.29 is 13.9 Å². The zero-order valence-corrected chi connectivity index (χ0v) is 11.5. The van der Waals surface area contributed by atoms with Crippen LogP contribution in [0.5, 0.6) is 0 Å². The number of carbonyl (C=O) groups is 1. The summed E-state index contributed by atoms with van der Waals surface area (Å²) < 4.78 is 18.4. The van der Waals surface area contributed by atoms with Crippen LogP contribution in [0.15, 0.2) is 41.8 Å². The van der Waals surface area contributed by atoms with Crippen LogP contribution in [0.25, 0.3) is 16.0 Å². The zero-order valence-electron chi connectivity index (χ0n) is 10.6. The first-order valence-electron chi connectivity index (χ1n) is 5.72. The molecule has 0 saturated heterocycles. The molecular formula is C15H13FO2S. The van der Waals surface area contributed by atoms with Crippen LogP contribution < -0.4 is 0 Å². The van der Waals surface area contributed by atoms with Gasteiger partial charge in [0.1, 0.15) is 5.82 Å². The topological polar surface area (TPSA) is 26.3 Å². The standard InChI is InChI=1S/C15H13FO2S/c1-10(8-15(17)18-2)11-5-6-13(16)12(9-11)14-4-3-7-19-14/h3-9H,1-2H3/b10-8+. The first-order chi connectivity index (χ1) is 9.11. The summed E-state index contributed by atoms with van der Waals surface area (Å²) in [4.78, 5) is 12.1. The number of rotatable bonds is 3. The number of thiophene rings is 1. The second-order valence-corrected chi connectivity index (χ2v) is 4.97. The quantitative estimate of drug-likeness (QED) is 0.622. The van der Waals surface area contributed by atoms with Gasteiger partial charge in [-0.1, -0.05) is 12.1 Å². The van der Waals surface area contributed by atoms with E-state index in [1.165, 1.54) is 30.6 Å². The van der Waals surface area contributed by atoms with Gasteiger partial charge in [-0.2, -0.15) is 0 Å². The van der Waals surface area contributed by atoms with Crippen molar-refractivity contribution in [1.29, 1.82) is 0 Å². The summed E-state index contributed by atoms with van der Waals surface area (Å²) in [6, 6.07) is 8.56. The van der Waals surface area contributed by atoms with E-state index in [0.29, 0.717) is 5.56 Å². The third-order valence-electron chi connectivity index (χ3n) is 2.74. The van der Waals surface area contributed by atoms with Crippen molar-refractivity contribution in [3.63, 3.8) is 0 Å². The van der Waals surface area contributed by atoms with Crippen LogP contribution in [0.3, 0.4) is 0 Å². The molecule has 0 saturated carbocycles. The van der Waals surface area contributed by atoms with Crippen LogP contribution in [-0.4, -0.2) is 13.1 Å². The van der Waals surface area contributed by atoms with Gasteiger partial charge in [-0.3, -0.25) is 0 Å². The second-order valence-electron chi connectivity index (χ2n) is 4.02. The molecule has 0 unspecified atom stereocenters. The van der Waals surface area contributed by atoms with Crippen LogP contribution in [-0.2, 0) is 9.53 Å². The minimum Gasteiger partial charge on any atom is -0.466 e. The van der Waals surface area contributed by atoms with Crippen LogP contribution in [0.1, 0.15) is 12.5 Å². The molecule has 1 aromatic carbocycles. The molecule has 4 heteroatoms. The van der Waals surface area contributed by atoms with E-state index in [0.717, 1.165) is 16.0 Å².